The maximum Gasteiger partial charge on any atom is 0.191 e. The first-order chi connectivity index (χ1) is 13.8. The summed E-state index contributed by atoms with van der Waals surface area (Å²) >= 11 is 1.87. The molecule has 3 rings (SSSR count). The van der Waals surface area contributed by atoms with Crippen LogP contribution in [0.25, 0.3) is 0 Å². The summed E-state index contributed by atoms with van der Waals surface area (Å²) in [6.07, 6.45) is 1.10. The van der Waals surface area contributed by atoms with Gasteiger partial charge >= 0.3 is 0 Å². The van der Waals surface area contributed by atoms with Crippen LogP contribution in [0.5, 0.6) is 0 Å². The van der Waals surface area contributed by atoms with Crippen LogP contribution in [-0.4, -0.2) is 43.7 Å². The zero-order chi connectivity index (χ0) is 19.6. The van der Waals surface area contributed by atoms with E-state index in [0.717, 1.165) is 58.3 Å². The van der Waals surface area contributed by atoms with E-state index >= 15 is 0 Å². The fourth-order valence-electron chi connectivity index (χ4n) is 3.23. The summed E-state index contributed by atoms with van der Waals surface area (Å²) in [6, 6.07) is 13.2. The fraction of sp³-hybridized carbons (Fsp3) is 0.500. The molecule has 0 atom stereocenters. The molecule has 0 radical (unpaired) electrons. The smallest absolute Gasteiger partial charge is 0.191 e. The molecule has 2 heterocycles. The standard InChI is InChI=1S/C22H32N4OS/c1-3-20-8-9-21(28-20)16-25-22(23-4-2)24-15-18-6-5-7-19(14-18)17-26-10-12-27-13-11-26/h5-9,14H,3-4,10-13,15-17H2,1-2H3,(H2,23,24,25). The van der Waals surface area contributed by atoms with Gasteiger partial charge in [-0.2, -0.15) is 0 Å². The monoisotopic (exact) mass is 400 g/mol. The summed E-state index contributed by atoms with van der Waals surface area (Å²) in [7, 11) is 0. The van der Waals surface area contributed by atoms with Crippen molar-refractivity contribution < 1.29 is 4.74 Å². The van der Waals surface area contributed by atoms with Crippen molar-refractivity contribution in [2.45, 2.75) is 39.9 Å². The highest BCUT2D eigenvalue weighted by atomic mass is 32.1. The van der Waals surface area contributed by atoms with E-state index in [1.165, 1.54) is 20.9 Å². The number of thiophene rings is 1. The van der Waals surface area contributed by atoms with E-state index in [0.29, 0.717) is 6.54 Å². The van der Waals surface area contributed by atoms with Crippen LogP contribution in [0.2, 0.25) is 0 Å². The average molecular weight is 401 g/mol. The lowest BCUT2D eigenvalue weighted by Crippen LogP contribution is -2.36. The molecule has 0 spiro atoms. The number of nitrogens with zero attached hydrogens (tertiary/aromatic N) is 2. The van der Waals surface area contributed by atoms with E-state index in [1.54, 1.807) is 0 Å². The highest BCUT2D eigenvalue weighted by Crippen LogP contribution is 2.16. The molecule has 2 aromatic rings. The fourth-order valence-corrected chi connectivity index (χ4v) is 4.13. The quantitative estimate of drug-likeness (QED) is 0.527. The number of morpholine rings is 1. The first-order valence-electron chi connectivity index (χ1n) is 10.2. The van der Waals surface area contributed by atoms with Crippen LogP contribution in [0.15, 0.2) is 41.4 Å². The number of nitrogens with one attached hydrogen (secondary N) is 2. The Balaban J connectivity index is 1.56. The molecule has 1 fully saturated rings. The summed E-state index contributed by atoms with van der Waals surface area (Å²) in [5.41, 5.74) is 2.59. The van der Waals surface area contributed by atoms with Crippen LogP contribution in [0.3, 0.4) is 0 Å². The highest BCUT2D eigenvalue weighted by molar-refractivity contribution is 7.11. The third-order valence-corrected chi connectivity index (χ3v) is 5.99. The van der Waals surface area contributed by atoms with Gasteiger partial charge in [0.1, 0.15) is 0 Å². The Hall–Kier alpha value is -1.89. The largest absolute Gasteiger partial charge is 0.379 e. The Morgan fingerprint density at radius 2 is 1.86 bits per heavy atom. The van der Waals surface area contributed by atoms with Crippen molar-refractivity contribution in [3.05, 3.63) is 57.3 Å². The Labute approximate surface area is 172 Å². The maximum absolute atomic E-state index is 5.44. The second kappa shape index (κ2) is 11.2. The number of ether oxygens (including phenoxy) is 1. The molecule has 0 saturated carbocycles. The molecule has 2 N–H and O–H groups in total. The number of aliphatic imine (C=N–C) groups is 1. The number of hydrogen-bond donors (Lipinski definition) is 2. The van der Waals surface area contributed by atoms with E-state index < -0.39 is 0 Å². The summed E-state index contributed by atoms with van der Waals surface area (Å²) in [5.74, 6) is 0.868. The SMILES string of the molecule is CCNC(=NCc1cccc(CN2CCOCC2)c1)NCc1ccc(CC)s1. The van der Waals surface area contributed by atoms with Crippen LogP contribution >= 0.6 is 11.3 Å². The van der Waals surface area contributed by atoms with Gasteiger partial charge in [-0.1, -0.05) is 31.2 Å². The summed E-state index contributed by atoms with van der Waals surface area (Å²) in [5, 5.41) is 6.80. The molecule has 28 heavy (non-hydrogen) atoms. The average Bonchev–Trinajstić information content (AvgIpc) is 3.19. The maximum atomic E-state index is 5.44. The predicted octanol–water partition coefficient (Wildman–Crippen LogP) is 3.40. The van der Waals surface area contributed by atoms with Crippen LogP contribution < -0.4 is 10.6 Å². The molecule has 0 unspecified atom stereocenters. The van der Waals surface area contributed by atoms with Gasteiger partial charge in [-0.15, -0.1) is 11.3 Å². The van der Waals surface area contributed by atoms with Crippen LogP contribution in [0.1, 0.15) is 34.7 Å². The third kappa shape index (κ3) is 6.62. The molecule has 5 nitrogen and oxygen atoms in total. The molecule has 0 bridgehead atoms. The number of aryl methyl sites for hydroxylation is 1. The molecule has 1 saturated heterocycles. The van der Waals surface area contributed by atoms with Crippen molar-refractivity contribution in [1.29, 1.82) is 0 Å². The van der Waals surface area contributed by atoms with Crippen molar-refractivity contribution in [1.82, 2.24) is 15.5 Å². The second-order valence-corrected chi connectivity index (χ2v) is 8.23. The van der Waals surface area contributed by atoms with Gasteiger partial charge in [0.2, 0.25) is 0 Å². The zero-order valence-corrected chi connectivity index (χ0v) is 17.9. The van der Waals surface area contributed by atoms with E-state index in [-0.39, 0.29) is 0 Å². The topological polar surface area (TPSA) is 48.9 Å². The first kappa shape index (κ1) is 20.8. The molecule has 1 aromatic heterocycles. The Kier molecular flexibility index (Phi) is 8.33. The van der Waals surface area contributed by atoms with Gasteiger partial charge in [0, 0.05) is 35.9 Å². The van der Waals surface area contributed by atoms with Crippen LogP contribution in [-0.2, 0) is 30.8 Å². The Morgan fingerprint density at radius 3 is 2.61 bits per heavy atom. The lowest BCUT2D eigenvalue weighted by Gasteiger charge is -2.26. The van der Waals surface area contributed by atoms with Crippen LogP contribution in [0.4, 0.5) is 0 Å². The highest BCUT2D eigenvalue weighted by Gasteiger charge is 2.10. The molecule has 0 amide bonds. The molecular weight excluding hydrogens is 368 g/mol. The van der Waals surface area contributed by atoms with Gasteiger partial charge in [0.05, 0.1) is 26.3 Å². The van der Waals surface area contributed by atoms with E-state index in [9.17, 15) is 0 Å². The van der Waals surface area contributed by atoms with Gasteiger partial charge in [-0.05, 0) is 36.6 Å². The first-order valence-corrected chi connectivity index (χ1v) is 11.1. The van der Waals surface area contributed by atoms with Gasteiger partial charge in [-0.3, -0.25) is 4.90 Å². The molecule has 152 valence electrons. The number of benzene rings is 1. The normalized spacial score (nSPS) is 15.6. The van der Waals surface area contributed by atoms with Crippen molar-refractivity contribution in [2.75, 3.05) is 32.8 Å². The zero-order valence-electron chi connectivity index (χ0n) is 17.0. The van der Waals surface area contributed by atoms with E-state index in [4.69, 9.17) is 9.73 Å². The van der Waals surface area contributed by atoms with Gasteiger partial charge in [0.25, 0.3) is 0 Å². The van der Waals surface area contributed by atoms with Gasteiger partial charge < -0.3 is 15.4 Å². The Morgan fingerprint density at radius 1 is 1.07 bits per heavy atom. The minimum absolute atomic E-state index is 0.678. The summed E-state index contributed by atoms with van der Waals surface area (Å²) in [6.45, 7) is 11.3. The number of hydrogen-bond acceptors (Lipinski definition) is 4. The Bertz CT molecular complexity index is 752. The number of guanidine groups is 1. The molecule has 1 aliphatic rings. The van der Waals surface area contributed by atoms with Gasteiger partial charge in [0.15, 0.2) is 5.96 Å². The van der Waals surface area contributed by atoms with Crippen LogP contribution in [0, 0.1) is 0 Å². The van der Waals surface area contributed by atoms with Crippen molar-refractivity contribution in [2.24, 2.45) is 4.99 Å². The second-order valence-electron chi connectivity index (χ2n) is 6.98. The molecule has 1 aliphatic heterocycles. The van der Waals surface area contributed by atoms with E-state index in [1.807, 2.05) is 11.3 Å². The van der Waals surface area contributed by atoms with E-state index in [2.05, 4.69) is 65.8 Å². The molecule has 6 heteroatoms. The minimum Gasteiger partial charge on any atom is -0.379 e. The van der Waals surface area contributed by atoms with Gasteiger partial charge in [-0.25, -0.2) is 4.99 Å². The van der Waals surface area contributed by atoms with Crippen molar-refractivity contribution in [3.63, 3.8) is 0 Å². The third-order valence-electron chi connectivity index (χ3n) is 4.76. The predicted molar refractivity (Wildman–Crippen MR) is 118 cm³/mol. The number of rotatable bonds is 8. The van der Waals surface area contributed by atoms with Crippen molar-refractivity contribution >= 4 is 17.3 Å². The minimum atomic E-state index is 0.678. The lowest BCUT2D eigenvalue weighted by atomic mass is 10.1. The molecular formula is C22H32N4OS. The summed E-state index contributed by atoms with van der Waals surface area (Å²) < 4.78 is 5.44. The molecule has 0 aliphatic carbocycles. The lowest BCUT2D eigenvalue weighted by molar-refractivity contribution is 0.0342. The molecule has 1 aromatic carbocycles. The summed E-state index contributed by atoms with van der Waals surface area (Å²) in [4.78, 5) is 10.00. The van der Waals surface area contributed by atoms with Crippen molar-refractivity contribution in [3.8, 4) is 0 Å².